The van der Waals surface area contributed by atoms with Gasteiger partial charge in [0.05, 0.1) is 0 Å². The Labute approximate surface area is 84.4 Å². The average molecular weight is 188 g/mol. The van der Waals surface area contributed by atoms with Crippen molar-refractivity contribution < 1.29 is 0 Å². The van der Waals surface area contributed by atoms with Crippen LogP contribution in [0.15, 0.2) is 24.5 Å². The first-order valence-electron chi connectivity index (χ1n) is 5.28. The number of nitrogens with one attached hydrogen (secondary N) is 1. The van der Waals surface area contributed by atoms with Crippen molar-refractivity contribution >= 4 is 11.0 Å². The molecule has 0 aliphatic rings. The molecule has 2 nitrogen and oxygen atoms in total. The second-order valence-corrected chi connectivity index (χ2v) is 3.66. The lowest BCUT2D eigenvalue weighted by molar-refractivity contribution is 0.646. The third-order valence-corrected chi connectivity index (χ3v) is 2.91. The molecule has 0 saturated carbocycles. The summed E-state index contributed by atoms with van der Waals surface area (Å²) in [5.41, 5.74) is 2.42. The molecule has 2 heterocycles. The van der Waals surface area contributed by atoms with E-state index in [1.807, 2.05) is 12.3 Å². The highest BCUT2D eigenvalue weighted by atomic mass is 14.8. The molecular weight excluding hydrogens is 172 g/mol. The minimum Gasteiger partial charge on any atom is -0.346 e. The Balaban J connectivity index is 2.51. The summed E-state index contributed by atoms with van der Waals surface area (Å²) < 4.78 is 0. The van der Waals surface area contributed by atoms with Gasteiger partial charge in [-0.2, -0.15) is 0 Å². The fraction of sp³-hybridized carbons (Fsp3) is 0.417. The standard InChI is InChI=1S/C12H16N2/c1-3-9(4-2)11-8-14-12-10(11)6-5-7-13-12/h5-9H,3-4H2,1-2H3,(H,13,14). The molecular formula is C12H16N2. The van der Waals surface area contributed by atoms with Gasteiger partial charge in [-0.1, -0.05) is 13.8 Å². The van der Waals surface area contributed by atoms with Crippen LogP contribution in [-0.2, 0) is 0 Å². The molecule has 0 bridgehead atoms. The summed E-state index contributed by atoms with van der Waals surface area (Å²) in [6, 6.07) is 4.15. The van der Waals surface area contributed by atoms with Gasteiger partial charge in [0.25, 0.3) is 0 Å². The fourth-order valence-corrected chi connectivity index (χ4v) is 2.04. The Bertz CT molecular complexity index is 413. The van der Waals surface area contributed by atoms with Crippen molar-refractivity contribution in [1.82, 2.24) is 9.97 Å². The number of pyridine rings is 1. The van der Waals surface area contributed by atoms with E-state index in [1.165, 1.54) is 23.8 Å². The Morgan fingerprint density at radius 2 is 2.14 bits per heavy atom. The minimum atomic E-state index is 0.660. The highest BCUT2D eigenvalue weighted by molar-refractivity contribution is 5.80. The third-order valence-electron chi connectivity index (χ3n) is 2.91. The van der Waals surface area contributed by atoms with Gasteiger partial charge in [-0.15, -0.1) is 0 Å². The number of hydrogen-bond donors (Lipinski definition) is 1. The van der Waals surface area contributed by atoms with Crippen LogP contribution in [0, 0.1) is 0 Å². The maximum absolute atomic E-state index is 4.30. The molecule has 0 spiro atoms. The van der Waals surface area contributed by atoms with Crippen LogP contribution in [-0.4, -0.2) is 9.97 Å². The van der Waals surface area contributed by atoms with E-state index in [2.05, 4.69) is 36.1 Å². The molecule has 0 amide bonds. The molecule has 0 atom stereocenters. The van der Waals surface area contributed by atoms with E-state index in [-0.39, 0.29) is 0 Å². The lowest BCUT2D eigenvalue weighted by atomic mass is 9.94. The Hall–Kier alpha value is -1.31. The third kappa shape index (κ3) is 1.41. The molecule has 0 radical (unpaired) electrons. The van der Waals surface area contributed by atoms with Gasteiger partial charge in [0.1, 0.15) is 5.65 Å². The second-order valence-electron chi connectivity index (χ2n) is 3.66. The Morgan fingerprint density at radius 3 is 2.86 bits per heavy atom. The molecule has 1 N–H and O–H groups in total. The lowest BCUT2D eigenvalue weighted by Crippen LogP contribution is -1.93. The van der Waals surface area contributed by atoms with Crippen molar-refractivity contribution in [1.29, 1.82) is 0 Å². The summed E-state index contributed by atoms with van der Waals surface area (Å²) >= 11 is 0. The van der Waals surface area contributed by atoms with E-state index in [0.717, 1.165) is 5.65 Å². The van der Waals surface area contributed by atoms with Crippen molar-refractivity contribution in [3.63, 3.8) is 0 Å². The number of aromatic nitrogens is 2. The first-order valence-corrected chi connectivity index (χ1v) is 5.28. The first-order chi connectivity index (χ1) is 6.86. The molecule has 2 rings (SSSR count). The molecule has 0 saturated heterocycles. The molecule has 0 unspecified atom stereocenters. The lowest BCUT2D eigenvalue weighted by Gasteiger charge is -2.10. The maximum atomic E-state index is 4.30. The summed E-state index contributed by atoms with van der Waals surface area (Å²) in [4.78, 5) is 7.52. The Kier molecular flexibility index (Phi) is 2.53. The van der Waals surface area contributed by atoms with Gasteiger partial charge in [-0.3, -0.25) is 0 Å². The van der Waals surface area contributed by atoms with Crippen LogP contribution in [0.4, 0.5) is 0 Å². The zero-order chi connectivity index (χ0) is 9.97. The van der Waals surface area contributed by atoms with E-state index in [9.17, 15) is 0 Å². The number of hydrogen-bond acceptors (Lipinski definition) is 1. The van der Waals surface area contributed by atoms with Crippen LogP contribution >= 0.6 is 0 Å². The van der Waals surface area contributed by atoms with E-state index in [0.29, 0.717) is 5.92 Å². The Morgan fingerprint density at radius 1 is 1.36 bits per heavy atom. The molecule has 0 fully saturated rings. The zero-order valence-electron chi connectivity index (χ0n) is 8.75. The monoisotopic (exact) mass is 188 g/mol. The summed E-state index contributed by atoms with van der Waals surface area (Å²) in [5.74, 6) is 0.660. The van der Waals surface area contributed by atoms with Crippen LogP contribution in [0.2, 0.25) is 0 Å². The number of rotatable bonds is 3. The number of aromatic amines is 1. The normalized spacial score (nSPS) is 11.4. The van der Waals surface area contributed by atoms with Crippen molar-refractivity contribution in [3.8, 4) is 0 Å². The van der Waals surface area contributed by atoms with Crippen LogP contribution in [0.1, 0.15) is 38.2 Å². The predicted molar refractivity (Wildman–Crippen MR) is 59.4 cm³/mol. The number of H-pyrrole nitrogens is 1. The van der Waals surface area contributed by atoms with E-state index >= 15 is 0 Å². The summed E-state index contributed by atoms with van der Waals surface area (Å²) in [5, 5.41) is 1.28. The van der Waals surface area contributed by atoms with Gasteiger partial charge in [-0.25, -0.2) is 4.98 Å². The molecule has 2 heteroatoms. The van der Waals surface area contributed by atoms with Crippen molar-refractivity contribution in [2.24, 2.45) is 0 Å². The van der Waals surface area contributed by atoms with Gasteiger partial charge in [0.15, 0.2) is 0 Å². The summed E-state index contributed by atoms with van der Waals surface area (Å²) in [6.07, 6.45) is 6.32. The molecule has 0 aliphatic carbocycles. The van der Waals surface area contributed by atoms with Crippen LogP contribution < -0.4 is 0 Å². The smallest absolute Gasteiger partial charge is 0.137 e. The topological polar surface area (TPSA) is 28.7 Å². The molecule has 2 aromatic rings. The van der Waals surface area contributed by atoms with Crippen LogP contribution in [0.3, 0.4) is 0 Å². The average Bonchev–Trinajstić information content (AvgIpc) is 2.65. The van der Waals surface area contributed by atoms with Crippen LogP contribution in [0.5, 0.6) is 0 Å². The predicted octanol–water partition coefficient (Wildman–Crippen LogP) is 3.47. The molecule has 2 aromatic heterocycles. The first kappa shape index (κ1) is 9.25. The van der Waals surface area contributed by atoms with E-state index < -0.39 is 0 Å². The number of nitrogens with zero attached hydrogens (tertiary/aromatic N) is 1. The van der Waals surface area contributed by atoms with Crippen LogP contribution in [0.25, 0.3) is 11.0 Å². The van der Waals surface area contributed by atoms with E-state index in [1.54, 1.807) is 0 Å². The van der Waals surface area contributed by atoms with Crippen molar-refractivity contribution in [2.75, 3.05) is 0 Å². The largest absolute Gasteiger partial charge is 0.346 e. The van der Waals surface area contributed by atoms with E-state index in [4.69, 9.17) is 0 Å². The van der Waals surface area contributed by atoms with Gasteiger partial charge in [0.2, 0.25) is 0 Å². The maximum Gasteiger partial charge on any atom is 0.137 e. The molecule has 0 aliphatic heterocycles. The zero-order valence-corrected chi connectivity index (χ0v) is 8.75. The summed E-state index contributed by atoms with van der Waals surface area (Å²) in [7, 11) is 0. The highest BCUT2D eigenvalue weighted by Crippen LogP contribution is 2.28. The molecule has 14 heavy (non-hydrogen) atoms. The summed E-state index contributed by atoms with van der Waals surface area (Å²) in [6.45, 7) is 4.48. The van der Waals surface area contributed by atoms with Gasteiger partial charge < -0.3 is 4.98 Å². The fourth-order valence-electron chi connectivity index (χ4n) is 2.04. The van der Waals surface area contributed by atoms with Crippen molar-refractivity contribution in [3.05, 3.63) is 30.1 Å². The highest BCUT2D eigenvalue weighted by Gasteiger charge is 2.11. The number of fused-ring (bicyclic) bond motifs is 1. The van der Waals surface area contributed by atoms with Gasteiger partial charge in [-0.05, 0) is 36.5 Å². The second kappa shape index (κ2) is 3.82. The SMILES string of the molecule is CCC(CC)c1c[nH]c2ncccc12. The van der Waals surface area contributed by atoms with Gasteiger partial charge >= 0.3 is 0 Å². The quantitative estimate of drug-likeness (QED) is 0.785. The molecule has 0 aromatic carbocycles. The minimum absolute atomic E-state index is 0.660. The van der Waals surface area contributed by atoms with Gasteiger partial charge in [0, 0.05) is 17.8 Å². The van der Waals surface area contributed by atoms with Crippen molar-refractivity contribution in [2.45, 2.75) is 32.6 Å². The molecule has 74 valence electrons.